The van der Waals surface area contributed by atoms with Crippen LogP contribution >= 0.6 is 0 Å². The number of amides is 1. The van der Waals surface area contributed by atoms with Crippen molar-refractivity contribution in [2.45, 2.75) is 19.8 Å². The summed E-state index contributed by atoms with van der Waals surface area (Å²) in [7, 11) is 0. The lowest BCUT2D eigenvalue weighted by atomic mass is 10.2. The van der Waals surface area contributed by atoms with Crippen LogP contribution in [-0.2, 0) is 6.42 Å². The van der Waals surface area contributed by atoms with Crippen molar-refractivity contribution in [1.29, 1.82) is 0 Å². The Morgan fingerprint density at radius 1 is 1.35 bits per heavy atom. The van der Waals surface area contributed by atoms with Gasteiger partial charge in [-0.1, -0.05) is 6.92 Å². The molecule has 1 aromatic carbocycles. The molecule has 0 unspecified atom stereocenters. The summed E-state index contributed by atoms with van der Waals surface area (Å²) in [5.41, 5.74) is -0.129. The van der Waals surface area contributed by atoms with E-state index in [0.717, 1.165) is 6.42 Å². The molecule has 0 fully saturated rings. The van der Waals surface area contributed by atoms with E-state index in [-0.39, 0.29) is 17.2 Å². The first kappa shape index (κ1) is 14.9. The Bertz CT molecular complexity index is 914. The first-order valence-corrected chi connectivity index (χ1v) is 7.12. The van der Waals surface area contributed by atoms with Crippen molar-refractivity contribution < 1.29 is 9.18 Å². The predicted molar refractivity (Wildman–Crippen MR) is 82.0 cm³/mol. The average molecular weight is 315 g/mol. The standard InChI is InChI=1S/C15H14FN5O2/c1-2-3-11-17-15-19-13(22)8-12(21(15)20-11)18-14(23)9-4-6-10(16)7-5-9/h4-8H,2-3H2,1H3,(H,18,23)(H,17,19,20,22). The summed E-state index contributed by atoms with van der Waals surface area (Å²) in [6.45, 7) is 1.99. The highest BCUT2D eigenvalue weighted by Gasteiger charge is 2.12. The molecular formula is C15H14FN5O2. The van der Waals surface area contributed by atoms with Crippen molar-refractivity contribution >= 4 is 17.5 Å². The van der Waals surface area contributed by atoms with Crippen LogP contribution in [0.1, 0.15) is 29.5 Å². The van der Waals surface area contributed by atoms with Crippen molar-refractivity contribution in [3.05, 3.63) is 57.9 Å². The topological polar surface area (TPSA) is 92.1 Å². The van der Waals surface area contributed by atoms with Gasteiger partial charge in [0.05, 0.1) is 0 Å². The summed E-state index contributed by atoms with van der Waals surface area (Å²) in [6, 6.07) is 6.32. The van der Waals surface area contributed by atoms with Crippen molar-refractivity contribution in [3.63, 3.8) is 0 Å². The van der Waals surface area contributed by atoms with Gasteiger partial charge in [-0.25, -0.2) is 4.39 Å². The normalized spacial score (nSPS) is 10.9. The molecule has 0 aliphatic heterocycles. The van der Waals surface area contributed by atoms with E-state index in [2.05, 4.69) is 20.4 Å². The van der Waals surface area contributed by atoms with Gasteiger partial charge >= 0.3 is 0 Å². The zero-order valence-corrected chi connectivity index (χ0v) is 12.3. The van der Waals surface area contributed by atoms with Crippen LogP contribution in [0.2, 0.25) is 0 Å². The van der Waals surface area contributed by atoms with Crippen LogP contribution in [0, 0.1) is 5.82 Å². The number of carbonyl (C=O) groups excluding carboxylic acids is 1. The van der Waals surface area contributed by atoms with Crippen LogP contribution in [0.4, 0.5) is 10.2 Å². The van der Waals surface area contributed by atoms with E-state index in [1.54, 1.807) is 0 Å². The summed E-state index contributed by atoms with van der Waals surface area (Å²) in [4.78, 5) is 30.7. The number of hydrogen-bond donors (Lipinski definition) is 2. The summed E-state index contributed by atoms with van der Waals surface area (Å²) in [5, 5.41) is 6.86. The molecule has 0 saturated carbocycles. The molecule has 8 heteroatoms. The molecule has 3 rings (SSSR count). The van der Waals surface area contributed by atoms with E-state index in [9.17, 15) is 14.0 Å². The summed E-state index contributed by atoms with van der Waals surface area (Å²) in [5.74, 6) is 0.139. The Labute approximate surface area is 130 Å². The van der Waals surface area contributed by atoms with Crippen LogP contribution in [0.15, 0.2) is 35.1 Å². The minimum Gasteiger partial charge on any atom is -0.306 e. The zero-order chi connectivity index (χ0) is 16.4. The van der Waals surface area contributed by atoms with E-state index in [1.807, 2.05) is 6.92 Å². The van der Waals surface area contributed by atoms with Crippen LogP contribution in [0.3, 0.4) is 0 Å². The molecule has 0 aliphatic rings. The van der Waals surface area contributed by atoms with Gasteiger partial charge in [-0.05, 0) is 30.7 Å². The summed E-state index contributed by atoms with van der Waals surface area (Å²) >= 11 is 0. The van der Waals surface area contributed by atoms with Gasteiger partial charge in [-0.15, -0.1) is 5.10 Å². The van der Waals surface area contributed by atoms with E-state index >= 15 is 0 Å². The molecule has 7 nitrogen and oxygen atoms in total. The Balaban J connectivity index is 1.96. The Morgan fingerprint density at radius 3 is 2.78 bits per heavy atom. The third-order valence-corrected chi connectivity index (χ3v) is 3.20. The Hall–Kier alpha value is -3.03. The van der Waals surface area contributed by atoms with Crippen molar-refractivity contribution in [1.82, 2.24) is 19.6 Å². The molecule has 3 aromatic rings. The van der Waals surface area contributed by atoms with Gasteiger partial charge < -0.3 is 5.32 Å². The lowest BCUT2D eigenvalue weighted by Crippen LogP contribution is -2.18. The number of hydrogen-bond acceptors (Lipinski definition) is 4. The third-order valence-electron chi connectivity index (χ3n) is 3.20. The number of aromatic nitrogens is 4. The molecule has 0 saturated heterocycles. The number of aromatic amines is 1. The first-order valence-electron chi connectivity index (χ1n) is 7.12. The van der Waals surface area contributed by atoms with Crippen LogP contribution < -0.4 is 10.9 Å². The second-order valence-electron chi connectivity index (χ2n) is 4.99. The van der Waals surface area contributed by atoms with E-state index in [1.165, 1.54) is 34.8 Å². The van der Waals surface area contributed by atoms with Gasteiger partial charge in [0.25, 0.3) is 11.5 Å². The average Bonchev–Trinajstić information content (AvgIpc) is 2.90. The predicted octanol–water partition coefficient (Wildman–Crippen LogP) is 1.76. The highest BCUT2D eigenvalue weighted by Crippen LogP contribution is 2.10. The number of aryl methyl sites for hydroxylation is 1. The molecule has 23 heavy (non-hydrogen) atoms. The molecule has 1 amide bonds. The van der Waals surface area contributed by atoms with Crippen LogP contribution in [0.25, 0.3) is 5.78 Å². The van der Waals surface area contributed by atoms with Crippen LogP contribution in [-0.4, -0.2) is 25.5 Å². The van der Waals surface area contributed by atoms with Gasteiger partial charge in [-0.3, -0.25) is 14.6 Å². The van der Waals surface area contributed by atoms with Crippen molar-refractivity contribution in [2.75, 3.05) is 5.32 Å². The Morgan fingerprint density at radius 2 is 2.09 bits per heavy atom. The zero-order valence-electron chi connectivity index (χ0n) is 12.3. The lowest BCUT2D eigenvalue weighted by molar-refractivity contribution is 0.102. The second kappa shape index (κ2) is 5.99. The molecule has 0 radical (unpaired) electrons. The molecule has 0 atom stereocenters. The number of rotatable bonds is 4. The van der Waals surface area contributed by atoms with Gasteiger partial charge in [0.1, 0.15) is 11.6 Å². The fourth-order valence-electron chi connectivity index (χ4n) is 2.14. The SMILES string of the molecule is CCCc1nc2[nH]c(=O)cc(NC(=O)c3ccc(F)cc3)n2n1. The molecule has 2 aromatic heterocycles. The maximum atomic E-state index is 12.9. The lowest BCUT2D eigenvalue weighted by Gasteiger charge is -2.06. The molecule has 0 bridgehead atoms. The minimum absolute atomic E-state index is 0.202. The molecule has 0 spiro atoms. The molecule has 118 valence electrons. The van der Waals surface area contributed by atoms with Gasteiger partial charge in [0, 0.05) is 18.1 Å². The fraction of sp³-hybridized carbons (Fsp3) is 0.200. The third kappa shape index (κ3) is 3.10. The molecular weight excluding hydrogens is 301 g/mol. The monoisotopic (exact) mass is 315 g/mol. The van der Waals surface area contributed by atoms with E-state index < -0.39 is 17.3 Å². The first-order chi connectivity index (χ1) is 11.1. The van der Waals surface area contributed by atoms with E-state index in [0.29, 0.717) is 12.2 Å². The number of H-pyrrole nitrogens is 1. The quantitative estimate of drug-likeness (QED) is 0.767. The smallest absolute Gasteiger partial charge is 0.256 e. The van der Waals surface area contributed by atoms with E-state index in [4.69, 9.17) is 0 Å². The maximum absolute atomic E-state index is 12.9. The number of nitrogens with one attached hydrogen (secondary N) is 2. The van der Waals surface area contributed by atoms with Crippen molar-refractivity contribution in [2.24, 2.45) is 0 Å². The number of fused-ring (bicyclic) bond motifs is 1. The highest BCUT2D eigenvalue weighted by atomic mass is 19.1. The summed E-state index contributed by atoms with van der Waals surface area (Å²) in [6.07, 6.45) is 1.52. The maximum Gasteiger partial charge on any atom is 0.256 e. The number of anilines is 1. The van der Waals surface area contributed by atoms with Gasteiger partial charge in [0.2, 0.25) is 5.78 Å². The van der Waals surface area contributed by atoms with Gasteiger partial charge in [0.15, 0.2) is 5.82 Å². The van der Waals surface area contributed by atoms with Crippen molar-refractivity contribution in [3.8, 4) is 0 Å². The molecule has 2 heterocycles. The highest BCUT2D eigenvalue weighted by molar-refractivity contribution is 6.03. The number of nitrogens with zero attached hydrogens (tertiary/aromatic N) is 3. The Kier molecular flexibility index (Phi) is 3.88. The van der Waals surface area contributed by atoms with Crippen LogP contribution in [0.5, 0.6) is 0 Å². The number of halogens is 1. The number of carbonyl (C=O) groups is 1. The second-order valence-corrected chi connectivity index (χ2v) is 4.99. The largest absolute Gasteiger partial charge is 0.306 e. The minimum atomic E-state index is -0.468. The fourth-order valence-corrected chi connectivity index (χ4v) is 2.14. The molecule has 2 N–H and O–H groups in total. The summed E-state index contributed by atoms with van der Waals surface area (Å²) < 4.78 is 14.3. The molecule has 0 aliphatic carbocycles. The number of benzene rings is 1. The van der Waals surface area contributed by atoms with Gasteiger partial charge in [-0.2, -0.15) is 9.50 Å².